The molecule has 6 nitrogen and oxygen atoms in total. The van der Waals surface area contributed by atoms with Crippen molar-refractivity contribution >= 4 is 28.0 Å². The fourth-order valence-corrected chi connectivity index (χ4v) is 2.12. The molecule has 0 bridgehead atoms. The first-order chi connectivity index (χ1) is 10.6. The van der Waals surface area contributed by atoms with Gasteiger partial charge >= 0.3 is 0 Å². The number of ether oxygens (including phenoxy) is 1. The standard InChI is InChI=1S/C15H15BrN4O2/c1-2-22-13-8-10(7-11(16)14(13)21)9-19-20-15(17)12-5-3-4-6-18-12/h3-9,21H,2H2,1H3,(H2,17,20)/b19-9-. The number of nitrogens with two attached hydrogens (primary N) is 1. The highest BCUT2D eigenvalue weighted by molar-refractivity contribution is 9.10. The number of halogens is 1. The van der Waals surface area contributed by atoms with Crippen LogP contribution in [0.5, 0.6) is 11.5 Å². The largest absolute Gasteiger partial charge is 0.503 e. The molecule has 7 heteroatoms. The van der Waals surface area contributed by atoms with Crippen LogP contribution in [-0.4, -0.2) is 28.7 Å². The van der Waals surface area contributed by atoms with E-state index in [1.165, 1.54) is 6.21 Å². The van der Waals surface area contributed by atoms with Crippen LogP contribution < -0.4 is 10.5 Å². The minimum atomic E-state index is 0.0514. The van der Waals surface area contributed by atoms with Gasteiger partial charge in [-0.3, -0.25) is 4.98 Å². The summed E-state index contributed by atoms with van der Waals surface area (Å²) in [6, 6.07) is 8.73. The molecular weight excluding hydrogens is 348 g/mol. The van der Waals surface area contributed by atoms with Gasteiger partial charge in [0.05, 0.1) is 17.3 Å². The molecule has 0 fully saturated rings. The third kappa shape index (κ3) is 4.05. The van der Waals surface area contributed by atoms with Gasteiger partial charge < -0.3 is 15.6 Å². The Kier molecular flexibility index (Phi) is 5.48. The van der Waals surface area contributed by atoms with Gasteiger partial charge in [-0.1, -0.05) is 6.07 Å². The van der Waals surface area contributed by atoms with Crippen LogP contribution >= 0.6 is 15.9 Å². The molecule has 0 aliphatic rings. The van der Waals surface area contributed by atoms with Crippen LogP contribution in [0.15, 0.2) is 51.2 Å². The zero-order chi connectivity index (χ0) is 15.9. The second-order valence-corrected chi connectivity index (χ2v) is 5.08. The Morgan fingerprint density at radius 3 is 2.95 bits per heavy atom. The topological polar surface area (TPSA) is 93.1 Å². The maximum absolute atomic E-state index is 9.84. The van der Waals surface area contributed by atoms with Crippen molar-refractivity contribution in [3.63, 3.8) is 0 Å². The fraction of sp³-hybridized carbons (Fsp3) is 0.133. The van der Waals surface area contributed by atoms with Crippen LogP contribution in [0.1, 0.15) is 18.2 Å². The molecule has 0 saturated heterocycles. The number of rotatable bonds is 5. The van der Waals surface area contributed by atoms with E-state index in [1.54, 1.807) is 30.5 Å². The Labute approximate surface area is 136 Å². The monoisotopic (exact) mass is 362 g/mol. The third-order valence-corrected chi connectivity index (χ3v) is 3.25. The van der Waals surface area contributed by atoms with Crippen molar-refractivity contribution < 1.29 is 9.84 Å². The number of phenols is 1. The van der Waals surface area contributed by atoms with E-state index >= 15 is 0 Å². The molecular formula is C15H15BrN4O2. The minimum Gasteiger partial charge on any atom is -0.503 e. The van der Waals surface area contributed by atoms with Gasteiger partial charge in [0.1, 0.15) is 5.69 Å². The van der Waals surface area contributed by atoms with Gasteiger partial charge in [0.2, 0.25) is 0 Å². The molecule has 0 aliphatic carbocycles. The van der Waals surface area contributed by atoms with Crippen LogP contribution in [0.25, 0.3) is 0 Å². The molecule has 0 aliphatic heterocycles. The molecule has 0 atom stereocenters. The zero-order valence-corrected chi connectivity index (χ0v) is 13.5. The quantitative estimate of drug-likeness (QED) is 0.485. The summed E-state index contributed by atoms with van der Waals surface area (Å²) in [7, 11) is 0. The summed E-state index contributed by atoms with van der Waals surface area (Å²) in [5.41, 5.74) is 7.06. The molecule has 0 amide bonds. The van der Waals surface area contributed by atoms with E-state index < -0.39 is 0 Å². The number of aromatic nitrogens is 1. The highest BCUT2D eigenvalue weighted by Gasteiger charge is 2.08. The van der Waals surface area contributed by atoms with Gasteiger partial charge in [-0.15, -0.1) is 5.10 Å². The molecule has 0 radical (unpaired) electrons. The van der Waals surface area contributed by atoms with E-state index in [2.05, 4.69) is 31.1 Å². The van der Waals surface area contributed by atoms with E-state index in [1.807, 2.05) is 13.0 Å². The summed E-state index contributed by atoms with van der Waals surface area (Å²) in [5, 5.41) is 17.7. The molecule has 2 aromatic rings. The summed E-state index contributed by atoms with van der Waals surface area (Å²) in [5.74, 6) is 0.648. The van der Waals surface area contributed by atoms with Crippen LogP contribution in [0.2, 0.25) is 0 Å². The number of amidine groups is 1. The second kappa shape index (κ2) is 7.56. The summed E-state index contributed by atoms with van der Waals surface area (Å²) >= 11 is 3.26. The van der Waals surface area contributed by atoms with Gasteiger partial charge in [-0.05, 0) is 52.7 Å². The van der Waals surface area contributed by atoms with Crippen LogP contribution in [0.4, 0.5) is 0 Å². The molecule has 0 unspecified atom stereocenters. The number of aromatic hydroxyl groups is 1. The Hall–Kier alpha value is -2.41. The SMILES string of the molecule is CCOc1cc(/C=N\N=C(\N)c2ccccn2)cc(Br)c1O. The number of hydrogen-bond acceptors (Lipinski definition) is 5. The van der Waals surface area contributed by atoms with Crippen molar-refractivity contribution in [1.82, 2.24) is 4.98 Å². The molecule has 1 aromatic carbocycles. The molecule has 0 spiro atoms. The van der Waals surface area contributed by atoms with E-state index in [-0.39, 0.29) is 11.6 Å². The lowest BCUT2D eigenvalue weighted by molar-refractivity contribution is 0.317. The lowest BCUT2D eigenvalue weighted by Crippen LogP contribution is -2.14. The van der Waals surface area contributed by atoms with Crippen molar-refractivity contribution in [3.8, 4) is 11.5 Å². The maximum atomic E-state index is 9.84. The number of nitrogens with zero attached hydrogens (tertiary/aromatic N) is 3. The van der Waals surface area contributed by atoms with Crippen molar-refractivity contribution in [2.45, 2.75) is 6.92 Å². The van der Waals surface area contributed by atoms with E-state index in [9.17, 15) is 5.11 Å². The predicted octanol–water partition coefficient (Wildman–Crippen LogP) is 2.69. The average molecular weight is 363 g/mol. The summed E-state index contributed by atoms with van der Waals surface area (Å²) in [4.78, 5) is 4.08. The van der Waals surface area contributed by atoms with Crippen LogP contribution in [0.3, 0.4) is 0 Å². The van der Waals surface area contributed by atoms with Crippen molar-refractivity contribution in [3.05, 3.63) is 52.3 Å². The summed E-state index contributed by atoms with van der Waals surface area (Å²) < 4.78 is 5.86. The summed E-state index contributed by atoms with van der Waals surface area (Å²) in [6.07, 6.45) is 3.15. The first kappa shape index (κ1) is 16.0. The predicted molar refractivity (Wildman–Crippen MR) is 89.5 cm³/mol. The van der Waals surface area contributed by atoms with Crippen LogP contribution in [0, 0.1) is 0 Å². The van der Waals surface area contributed by atoms with Gasteiger partial charge in [-0.2, -0.15) is 5.10 Å². The Balaban J connectivity index is 2.20. The van der Waals surface area contributed by atoms with Gasteiger partial charge in [-0.25, -0.2) is 0 Å². The van der Waals surface area contributed by atoms with Gasteiger partial charge in [0.15, 0.2) is 17.3 Å². The van der Waals surface area contributed by atoms with E-state index in [0.717, 1.165) is 0 Å². The van der Waals surface area contributed by atoms with Gasteiger partial charge in [0, 0.05) is 6.20 Å². The molecule has 2 rings (SSSR count). The average Bonchev–Trinajstić information content (AvgIpc) is 2.53. The number of hydrogen-bond donors (Lipinski definition) is 2. The van der Waals surface area contributed by atoms with E-state index in [4.69, 9.17) is 10.5 Å². The molecule has 1 heterocycles. The minimum absolute atomic E-state index is 0.0514. The molecule has 1 aromatic heterocycles. The van der Waals surface area contributed by atoms with Crippen molar-refractivity contribution in [2.75, 3.05) is 6.61 Å². The lowest BCUT2D eigenvalue weighted by atomic mass is 10.2. The van der Waals surface area contributed by atoms with E-state index in [0.29, 0.717) is 28.1 Å². The Bertz CT molecular complexity index is 702. The molecule has 3 N–H and O–H groups in total. The normalized spacial score (nSPS) is 11.8. The lowest BCUT2D eigenvalue weighted by Gasteiger charge is -2.08. The molecule has 114 valence electrons. The van der Waals surface area contributed by atoms with Crippen molar-refractivity contribution in [2.24, 2.45) is 15.9 Å². The summed E-state index contributed by atoms with van der Waals surface area (Å²) in [6.45, 7) is 2.29. The zero-order valence-electron chi connectivity index (χ0n) is 11.9. The fourth-order valence-electron chi connectivity index (χ4n) is 1.66. The Morgan fingerprint density at radius 1 is 1.45 bits per heavy atom. The molecule has 22 heavy (non-hydrogen) atoms. The Morgan fingerprint density at radius 2 is 2.27 bits per heavy atom. The highest BCUT2D eigenvalue weighted by Crippen LogP contribution is 2.35. The number of pyridine rings is 1. The van der Waals surface area contributed by atoms with Crippen molar-refractivity contribution in [1.29, 1.82) is 0 Å². The number of phenolic OH excluding ortho intramolecular Hbond substituents is 1. The van der Waals surface area contributed by atoms with Crippen LogP contribution in [-0.2, 0) is 0 Å². The highest BCUT2D eigenvalue weighted by atomic mass is 79.9. The third-order valence-electron chi connectivity index (χ3n) is 2.65. The molecule has 0 saturated carbocycles. The first-order valence-electron chi connectivity index (χ1n) is 6.55. The first-order valence-corrected chi connectivity index (χ1v) is 7.34. The maximum Gasteiger partial charge on any atom is 0.172 e. The number of benzene rings is 1. The second-order valence-electron chi connectivity index (χ2n) is 4.23. The van der Waals surface area contributed by atoms with Gasteiger partial charge in [0.25, 0.3) is 0 Å². The smallest absolute Gasteiger partial charge is 0.172 e.